The second kappa shape index (κ2) is 6.80. The number of hydrogen-bond donors (Lipinski definition) is 2. The molecule has 0 atom stereocenters. The third-order valence-corrected chi connectivity index (χ3v) is 3.27. The predicted molar refractivity (Wildman–Crippen MR) is 79.1 cm³/mol. The second-order valence-corrected chi connectivity index (χ2v) is 4.88. The first-order chi connectivity index (χ1) is 9.70. The van der Waals surface area contributed by atoms with E-state index in [-0.39, 0.29) is 11.5 Å². The molecule has 0 aliphatic carbocycles. The molecule has 0 aliphatic heterocycles. The van der Waals surface area contributed by atoms with Crippen molar-refractivity contribution in [3.63, 3.8) is 0 Å². The number of nitrogens with zero attached hydrogens (tertiary/aromatic N) is 3. The Hall–Kier alpha value is -2.22. The van der Waals surface area contributed by atoms with E-state index in [1.165, 1.54) is 6.20 Å². The molecule has 0 saturated carbocycles. The average Bonchev–Trinajstić information content (AvgIpc) is 2.96. The molecule has 2 N–H and O–H groups in total. The fourth-order valence-electron chi connectivity index (χ4n) is 1.54. The Bertz CT molecular complexity index is 573. The van der Waals surface area contributed by atoms with E-state index in [0.717, 1.165) is 18.5 Å². The van der Waals surface area contributed by atoms with Crippen molar-refractivity contribution in [1.82, 2.24) is 9.97 Å². The highest BCUT2D eigenvalue weighted by molar-refractivity contribution is 7.07. The van der Waals surface area contributed by atoms with Crippen LogP contribution in [0.25, 0.3) is 0 Å². The highest BCUT2D eigenvalue weighted by atomic mass is 32.1. The van der Waals surface area contributed by atoms with Crippen LogP contribution in [0.2, 0.25) is 0 Å². The summed E-state index contributed by atoms with van der Waals surface area (Å²) in [5.74, 6) is 0.625. The third-order valence-electron chi connectivity index (χ3n) is 2.54. The van der Waals surface area contributed by atoms with Gasteiger partial charge in [-0.2, -0.15) is 16.3 Å². The lowest BCUT2D eigenvalue weighted by Crippen LogP contribution is -2.09. The largest absolute Gasteiger partial charge is 0.360 e. The fourth-order valence-corrected chi connectivity index (χ4v) is 2.21. The average molecular weight is 293 g/mol. The van der Waals surface area contributed by atoms with Crippen molar-refractivity contribution in [2.24, 2.45) is 0 Å². The van der Waals surface area contributed by atoms with Crippen LogP contribution in [0.15, 0.2) is 23.0 Å². The maximum absolute atomic E-state index is 11.0. The molecule has 0 aromatic carbocycles. The van der Waals surface area contributed by atoms with Crippen LogP contribution in [0, 0.1) is 10.1 Å². The Labute approximate surface area is 120 Å². The van der Waals surface area contributed by atoms with Gasteiger partial charge in [0.2, 0.25) is 11.8 Å². The summed E-state index contributed by atoms with van der Waals surface area (Å²) in [5, 5.41) is 20.9. The van der Waals surface area contributed by atoms with E-state index in [2.05, 4.69) is 20.6 Å². The number of aromatic nitrogens is 2. The van der Waals surface area contributed by atoms with Gasteiger partial charge in [-0.3, -0.25) is 10.1 Å². The van der Waals surface area contributed by atoms with Crippen LogP contribution in [0.3, 0.4) is 0 Å². The van der Waals surface area contributed by atoms with Crippen LogP contribution < -0.4 is 10.6 Å². The van der Waals surface area contributed by atoms with E-state index in [1.54, 1.807) is 11.3 Å². The van der Waals surface area contributed by atoms with Gasteiger partial charge in [-0.05, 0) is 28.8 Å². The van der Waals surface area contributed by atoms with Gasteiger partial charge < -0.3 is 10.6 Å². The van der Waals surface area contributed by atoms with E-state index in [1.807, 2.05) is 23.8 Å². The van der Waals surface area contributed by atoms with Crippen LogP contribution in [-0.4, -0.2) is 21.4 Å². The smallest absolute Gasteiger partial charge is 0.329 e. The zero-order valence-electron chi connectivity index (χ0n) is 11.0. The van der Waals surface area contributed by atoms with E-state index >= 15 is 0 Å². The van der Waals surface area contributed by atoms with E-state index in [4.69, 9.17) is 0 Å². The molecule has 0 amide bonds. The van der Waals surface area contributed by atoms with Gasteiger partial charge in [0, 0.05) is 13.1 Å². The lowest BCUT2D eigenvalue weighted by Gasteiger charge is -2.07. The SMILES string of the molecule is CCCNc1ncc([N+](=O)[O-])c(NCc2ccsc2)n1. The molecular formula is C12H15N5O2S. The summed E-state index contributed by atoms with van der Waals surface area (Å²) in [6.45, 7) is 3.24. The van der Waals surface area contributed by atoms with Crippen molar-refractivity contribution >= 4 is 28.8 Å². The van der Waals surface area contributed by atoms with Gasteiger partial charge in [0.05, 0.1) is 4.92 Å². The first-order valence-electron chi connectivity index (χ1n) is 6.21. The topological polar surface area (TPSA) is 93.0 Å². The molecule has 2 rings (SSSR count). The molecule has 0 radical (unpaired) electrons. The number of nitro groups is 1. The minimum atomic E-state index is -0.487. The first-order valence-corrected chi connectivity index (χ1v) is 7.15. The van der Waals surface area contributed by atoms with Crippen LogP contribution in [0.4, 0.5) is 17.5 Å². The van der Waals surface area contributed by atoms with Crippen molar-refractivity contribution < 1.29 is 4.92 Å². The number of nitrogens with one attached hydrogen (secondary N) is 2. The zero-order valence-corrected chi connectivity index (χ0v) is 11.8. The van der Waals surface area contributed by atoms with Crippen molar-refractivity contribution in [3.8, 4) is 0 Å². The molecule has 0 saturated heterocycles. The van der Waals surface area contributed by atoms with E-state index < -0.39 is 4.92 Å². The number of anilines is 2. The van der Waals surface area contributed by atoms with Crippen LogP contribution in [0.1, 0.15) is 18.9 Å². The Balaban J connectivity index is 2.15. The molecule has 2 heterocycles. The molecule has 0 unspecified atom stereocenters. The van der Waals surface area contributed by atoms with Gasteiger partial charge in [-0.25, -0.2) is 4.98 Å². The van der Waals surface area contributed by atoms with Gasteiger partial charge in [0.25, 0.3) is 0 Å². The number of hydrogen-bond acceptors (Lipinski definition) is 7. The summed E-state index contributed by atoms with van der Waals surface area (Å²) in [5.41, 5.74) is 0.938. The van der Waals surface area contributed by atoms with Crippen molar-refractivity contribution in [1.29, 1.82) is 0 Å². The second-order valence-electron chi connectivity index (χ2n) is 4.10. The molecule has 0 spiro atoms. The Morgan fingerprint density at radius 2 is 2.30 bits per heavy atom. The van der Waals surface area contributed by atoms with Gasteiger partial charge in [0.1, 0.15) is 6.20 Å². The maximum atomic E-state index is 11.0. The van der Waals surface area contributed by atoms with Crippen molar-refractivity contribution in [2.45, 2.75) is 19.9 Å². The lowest BCUT2D eigenvalue weighted by molar-refractivity contribution is -0.384. The summed E-state index contributed by atoms with van der Waals surface area (Å²) < 4.78 is 0. The highest BCUT2D eigenvalue weighted by Crippen LogP contribution is 2.22. The maximum Gasteiger partial charge on any atom is 0.329 e. The summed E-state index contributed by atoms with van der Waals surface area (Å²) >= 11 is 1.58. The van der Waals surface area contributed by atoms with Crippen molar-refractivity contribution in [2.75, 3.05) is 17.2 Å². The molecule has 106 valence electrons. The van der Waals surface area contributed by atoms with Crippen molar-refractivity contribution in [3.05, 3.63) is 38.7 Å². The fraction of sp³-hybridized carbons (Fsp3) is 0.333. The van der Waals surface area contributed by atoms with E-state index in [9.17, 15) is 10.1 Å². The van der Waals surface area contributed by atoms with Crippen LogP contribution in [-0.2, 0) is 6.54 Å². The quantitative estimate of drug-likeness (QED) is 0.602. The zero-order chi connectivity index (χ0) is 14.4. The summed E-state index contributed by atoms with van der Waals surface area (Å²) in [4.78, 5) is 18.6. The van der Waals surface area contributed by atoms with Crippen LogP contribution in [0.5, 0.6) is 0 Å². The Morgan fingerprint density at radius 1 is 1.45 bits per heavy atom. The Morgan fingerprint density at radius 3 is 2.95 bits per heavy atom. The van der Waals surface area contributed by atoms with E-state index in [0.29, 0.717) is 12.5 Å². The highest BCUT2D eigenvalue weighted by Gasteiger charge is 2.17. The molecular weight excluding hydrogens is 278 g/mol. The molecule has 7 nitrogen and oxygen atoms in total. The monoisotopic (exact) mass is 293 g/mol. The summed E-state index contributed by atoms with van der Waals surface area (Å²) in [6.07, 6.45) is 2.15. The number of thiophene rings is 1. The summed E-state index contributed by atoms with van der Waals surface area (Å²) in [7, 11) is 0. The molecule has 8 heteroatoms. The minimum absolute atomic E-state index is 0.123. The molecule has 0 bridgehead atoms. The minimum Gasteiger partial charge on any atom is -0.360 e. The third kappa shape index (κ3) is 3.64. The molecule has 2 aromatic rings. The molecule has 0 fully saturated rings. The first kappa shape index (κ1) is 14.2. The van der Waals surface area contributed by atoms with Crippen LogP contribution >= 0.6 is 11.3 Å². The molecule has 20 heavy (non-hydrogen) atoms. The lowest BCUT2D eigenvalue weighted by atomic mass is 10.3. The van der Waals surface area contributed by atoms with Gasteiger partial charge in [-0.15, -0.1) is 0 Å². The van der Waals surface area contributed by atoms with Gasteiger partial charge >= 0.3 is 5.69 Å². The summed E-state index contributed by atoms with van der Waals surface area (Å²) in [6, 6.07) is 1.96. The van der Waals surface area contributed by atoms with Gasteiger partial charge in [-0.1, -0.05) is 6.92 Å². The predicted octanol–water partition coefficient (Wildman–Crippen LogP) is 2.88. The molecule has 0 aliphatic rings. The molecule has 2 aromatic heterocycles. The standard InChI is InChI=1S/C12H15N5O2S/c1-2-4-13-12-15-7-10(17(18)19)11(16-12)14-6-9-3-5-20-8-9/h3,5,7-8H,2,4,6H2,1H3,(H2,13,14,15,16). The van der Waals surface area contributed by atoms with Gasteiger partial charge in [0.15, 0.2) is 0 Å². The number of rotatable bonds is 7. The normalized spacial score (nSPS) is 10.2. The Kier molecular flexibility index (Phi) is 4.83.